The zero-order valence-electron chi connectivity index (χ0n) is 18.7. The lowest BCUT2D eigenvalue weighted by molar-refractivity contribution is -0.178. The van der Waals surface area contributed by atoms with Gasteiger partial charge in [0, 0.05) is 11.1 Å². The lowest BCUT2D eigenvalue weighted by Gasteiger charge is -2.61. The van der Waals surface area contributed by atoms with Crippen LogP contribution in [0.3, 0.4) is 0 Å². The number of halogens is 5. The predicted octanol–water partition coefficient (Wildman–Crippen LogP) is 3.88. The van der Waals surface area contributed by atoms with E-state index in [1.807, 2.05) is 4.72 Å². The summed E-state index contributed by atoms with van der Waals surface area (Å²) >= 11 is 0. The van der Waals surface area contributed by atoms with Crippen LogP contribution in [0.1, 0.15) is 24.8 Å². The molecule has 4 fully saturated rings. The van der Waals surface area contributed by atoms with Gasteiger partial charge in [-0.1, -0.05) is 18.2 Å². The SMILES string of the molecule is CS(=O)(=O)N[C@@H]1[C@H](Cc2cccc(-c3cc(F)ccc3F)c2F)N(C(=O)C23CC(C2)C3)CC1(F)F. The number of hydrogen-bond donors (Lipinski definition) is 1. The molecule has 2 bridgehead atoms. The molecule has 2 atom stereocenters. The van der Waals surface area contributed by atoms with Gasteiger partial charge in [-0.25, -0.2) is 35.1 Å². The molecule has 3 saturated carbocycles. The third kappa shape index (κ3) is 4.12. The number of rotatable bonds is 6. The summed E-state index contributed by atoms with van der Waals surface area (Å²) in [5.41, 5.74) is -1.43. The van der Waals surface area contributed by atoms with Crippen molar-refractivity contribution < 1.29 is 35.2 Å². The maximum Gasteiger partial charge on any atom is 0.283 e. The first-order valence-electron chi connectivity index (χ1n) is 11.2. The van der Waals surface area contributed by atoms with E-state index < -0.39 is 69.8 Å². The Hall–Kier alpha value is -2.53. The summed E-state index contributed by atoms with van der Waals surface area (Å²) in [6.45, 7) is -0.990. The van der Waals surface area contributed by atoms with Crippen LogP contribution in [0.4, 0.5) is 22.0 Å². The van der Waals surface area contributed by atoms with Crippen LogP contribution < -0.4 is 4.72 Å². The Morgan fingerprint density at radius 1 is 1.09 bits per heavy atom. The van der Waals surface area contributed by atoms with E-state index in [0.29, 0.717) is 25.2 Å². The van der Waals surface area contributed by atoms with Crippen molar-refractivity contribution in [2.24, 2.45) is 11.3 Å². The number of carbonyl (C=O) groups is 1. The molecular formula is C24H23F5N2O3S. The maximum atomic E-state index is 15.5. The Kier molecular flexibility index (Phi) is 5.52. The van der Waals surface area contributed by atoms with Gasteiger partial charge in [0.15, 0.2) is 0 Å². The first-order valence-corrected chi connectivity index (χ1v) is 13.1. The molecule has 0 unspecified atom stereocenters. The van der Waals surface area contributed by atoms with Crippen molar-refractivity contribution in [3.05, 3.63) is 59.4 Å². The molecular weight excluding hydrogens is 491 g/mol. The van der Waals surface area contributed by atoms with Crippen LogP contribution in [0.5, 0.6) is 0 Å². The molecule has 11 heteroatoms. The summed E-state index contributed by atoms with van der Waals surface area (Å²) in [4.78, 5) is 14.3. The number of hydrogen-bond acceptors (Lipinski definition) is 3. The average molecular weight is 515 g/mol. The summed E-state index contributed by atoms with van der Waals surface area (Å²) < 4.78 is 99.4. The number of sulfonamides is 1. The minimum absolute atomic E-state index is 0.121. The lowest BCUT2D eigenvalue weighted by atomic mass is 9.44. The number of nitrogens with zero attached hydrogens (tertiary/aromatic N) is 1. The highest BCUT2D eigenvalue weighted by molar-refractivity contribution is 7.88. The summed E-state index contributed by atoms with van der Waals surface area (Å²) in [6.07, 6.45) is 2.11. The van der Waals surface area contributed by atoms with Gasteiger partial charge in [0.2, 0.25) is 15.9 Å². The molecule has 3 aliphatic carbocycles. The van der Waals surface area contributed by atoms with Crippen molar-refractivity contribution in [1.29, 1.82) is 0 Å². The van der Waals surface area contributed by atoms with Gasteiger partial charge >= 0.3 is 0 Å². The van der Waals surface area contributed by atoms with E-state index in [1.165, 1.54) is 18.2 Å². The van der Waals surface area contributed by atoms with E-state index in [9.17, 15) is 22.0 Å². The number of alkyl halides is 2. The molecule has 1 amide bonds. The van der Waals surface area contributed by atoms with E-state index in [0.717, 1.165) is 29.4 Å². The zero-order valence-corrected chi connectivity index (χ0v) is 19.5. The highest BCUT2D eigenvalue weighted by Gasteiger charge is 2.66. The van der Waals surface area contributed by atoms with Crippen LogP contribution in [0.15, 0.2) is 36.4 Å². The van der Waals surface area contributed by atoms with Crippen molar-refractivity contribution in [3.63, 3.8) is 0 Å². The number of nitrogens with one attached hydrogen (secondary N) is 1. The first kappa shape index (κ1) is 24.2. The molecule has 1 N–H and O–H groups in total. The van der Waals surface area contributed by atoms with Gasteiger partial charge in [0.25, 0.3) is 5.92 Å². The molecule has 0 aromatic heterocycles. The highest BCUT2D eigenvalue weighted by Crippen LogP contribution is 2.65. The van der Waals surface area contributed by atoms with Crippen molar-refractivity contribution >= 4 is 15.9 Å². The Morgan fingerprint density at radius 2 is 1.77 bits per heavy atom. The molecule has 2 aromatic carbocycles. The smallest absolute Gasteiger partial charge is 0.283 e. The van der Waals surface area contributed by atoms with Crippen LogP contribution in [0.2, 0.25) is 0 Å². The van der Waals surface area contributed by atoms with Crippen molar-refractivity contribution in [3.8, 4) is 11.1 Å². The van der Waals surface area contributed by atoms with Gasteiger partial charge in [-0.3, -0.25) is 4.79 Å². The molecule has 1 aliphatic heterocycles. The summed E-state index contributed by atoms with van der Waals surface area (Å²) in [7, 11) is -4.09. The third-order valence-electron chi connectivity index (χ3n) is 7.44. The zero-order chi connectivity index (χ0) is 25.3. The fourth-order valence-electron chi connectivity index (χ4n) is 5.67. The van der Waals surface area contributed by atoms with E-state index in [2.05, 4.69) is 0 Å². The number of benzene rings is 2. The molecule has 6 rings (SSSR count). The normalized spacial score (nSPS) is 29.0. The number of carbonyl (C=O) groups excluding carboxylic acids is 1. The molecule has 188 valence electrons. The van der Waals surface area contributed by atoms with Crippen LogP contribution in [-0.4, -0.2) is 50.0 Å². The van der Waals surface area contributed by atoms with Crippen molar-refractivity contribution in [2.75, 3.05) is 12.8 Å². The summed E-state index contributed by atoms with van der Waals surface area (Å²) in [5.74, 6) is -6.27. The monoisotopic (exact) mass is 514 g/mol. The van der Waals surface area contributed by atoms with Gasteiger partial charge in [-0.2, -0.15) is 0 Å². The molecule has 5 nitrogen and oxygen atoms in total. The number of likely N-dealkylation sites (tertiary alicyclic amines) is 1. The van der Waals surface area contributed by atoms with Crippen molar-refractivity contribution in [1.82, 2.24) is 9.62 Å². The minimum Gasteiger partial charge on any atom is -0.331 e. The van der Waals surface area contributed by atoms with Gasteiger partial charge in [0.05, 0.1) is 24.3 Å². The number of amides is 1. The predicted molar refractivity (Wildman–Crippen MR) is 117 cm³/mol. The van der Waals surface area contributed by atoms with Gasteiger partial charge in [-0.05, 0) is 55.4 Å². The van der Waals surface area contributed by atoms with E-state index in [1.54, 1.807) is 0 Å². The Morgan fingerprint density at radius 3 is 2.37 bits per heavy atom. The Bertz CT molecular complexity index is 1300. The van der Waals surface area contributed by atoms with Crippen LogP contribution >= 0.6 is 0 Å². The van der Waals surface area contributed by atoms with Crippen LogP contribution in [0.25, 0.3) is 11.1 Å². The van der Waals surface area contributed by atoms with Gasteiger partial charge < -0.3 is 4.90 Å². The first-order chi connectivity index (χ1) is 16.3. The van der Waals surface area contributed by atoms with E-state index >= 15 is 13.2 Å². The van der Waals surface area contributed by atoms with Gasteiger partial charge in [-0.15, -0.1) is 0 Å². The molecule has 2 aromatic rings. The highest BCUT2D eigenvalue weighted by atomic mass is 32.2. The standard InChI is InChI=1S/C24H23F5N2O3S/c1-35(33,34)30-21-19(31(12-24(21,28)29)22(32)23-9-13(10-23)11-23)7-14-3-2-4-16(20(14)27)17-8-15(25)5-6-18(17)26/h2-6,8,13,19,21,30H,7,9-12H2,1H3/t13?,19-,21+,23?/m0/s1. The second kappa shape index (κ2) is 7.99. The van der Waals surface area contributed by atoms with E-state index in [4.69, 9.17) is 0 Å². The largest absolute Gasteiger partial charge is 0.331 e. The lowest BCUT2D eigenvalue weighted by Crippen LogP contribution is -2.62. The van der Waals surface area contributed by atoms with Crippen LogP contribution in [0, 0.1) is 28.8 Å². The molecule has 0 spiro atoms. The van der Waals surface area contributed by atoms with Gasteiger partial charge in [0.1, 0.15) is 23.5 Å². The van der Waals surface area contributed by atoms with Crippen molar-refractivity contribution in [2.45, 2.75) is 43.7 Å². The summed E-state index contributed by atoms with van der Waals surface area (Å²) in [5, 5.41) is 0. The quantitative estimate of drug-likeness (QED) is 0.596. The maximum absolute atomic E-state index is 15.5. The third-order valence-corrected chi connectivity index (χ3v) is 8.12. The Balaban J connectivity index is 1.53. The second-order valence-corrected chi connectivity index (χ2v) is 11.8. The molecule has 0 radical (unpaired) electrons. The topological polar surface area (TPSA) is 66.5 Å². The van der Waals surface area contributed by atoms with Crippen LogP contribution in [-0.2, 0) is 21.2 Å². The minimum atomic E-state index is -4.09. The molecule has 1 heterocycles. The van der Waals surface area contributed by atoms with E-state index in [-0.39, 0.29) is 16.7 Å². The average Bonchev–Trinajstić information content (AvgIpc) is 2.92. The molecule has 4 aliphatic rings. The fourth-order valence-corrected chi connectivity index (χ4v) is 6.46. The molecule has 1 saturated heterocycles. The Labute approximate surface area is 199 Å². The summed E-state index contributed by atoms with van der Waals surface area (Å²) in [6, 6.07) is 3.13. The second-order valence-electron chi connectivity index (χ2n) is 9.99. The fraction of sp³-hybridized carbons (Fsp3) is 0.458. The molecule has 35 heavy (non-hydrogen) atoms.